The highest BCUT2D eigenvalue weighted by Crippen LogP contribution is 2.19. The molecule has 12 heteroatoms. The van der Waals surface area contributed by atoms with Crippen molar-refractivity contribution >= 4 is 65.7 Å². The molecule has 4 N–H and O–H groups in total. The molecular formula is C18H26N4O4S4. The van der Waals surface area contributed by atoms with Crippen LogP contribution in [0.2, 0.25) is 0 Å². The van der Waals surface area contributed by atoms with E-state index in [9.17, 15) is 16.8 Å². The van der Waals surface area contributed by atoms with Crippen molar-refractivity contribution in [3.63, 3.8) is 0 Å². The molecule has 2 aliphatic rings. The number of benzene rings is 1. The van der Waals surface area contributed by atoms with E-state index in [4.69, 9.17) is 24.4 Å². The van der Waals surface area contributed by atoms with Gasteiger partial charge in [0.15, 0.2) is 29.9 Å². The molecule has 2 unspecified atom stereocenters. The second kappa shape index (κ2) is 9.75. The summed E-state index contributed by atoms with van der Waals surface area (Å²) in [6.45, 7) is 1.07. The summed E-state index contributed by atoms with van der Waals surface area (Å²) in [5.74, 6) is 1.13. The van der Waals surface area contributed by atoms with Crippen molar-refractivity contribution in [3.8, 4) is 0 Å². The highest BCUT2D eigenvalue weighted by Gasteiger charge is 2.28. The van der Waals surface area contributed by atoms with Gasteiger partial charge in [0.05, 0.1) is 23.0 Å². The molecule has 0 saturated carbocycles. The second-order valence-corrected chi connectivity index (χ2v) is 13.1. The van der Waals surface area contributed by atoms with E-state index in [1.165, 1.54) is 0 Å². The van der Waals surface area contributed by atoms with Crippen LogP contribution in [-0.4, -0.2) is 63.2 Å². The van der Waals surface area contributed by atoms with Crippen LogP contribution >= 0.6 is 24.4 Å². The SMILES string of the molecule is O=S1(=O)CCC(CNC(=S)Nc2ccc(NC(=S)NCC3CCS(=O)(=O)C3)cc2)C1. The van der Waals surface area contributed by atoms with Gasteiger partial charge < -0.3 is 21.3 Å². The lowest BCUT2D eigenvalue weighted by Gasteiger charge is -2.15. The number of nitrogens with one attached hydrogen (secondary N) is 4. The van der Waals surface area contributed by atoms with Crippen LogP contribution in [0.5, 0.6) is 0 Å². The first-order valence-electron chi connectivity index (χ1n) is 9.71. The molecule has 166 valence electrons. The highest BCUT2D eigenvalue weighted by atomic mass is 32.2. The van der Waals surface area contributed by atoms with Gasteiger partial charge in [-0.1, -0.05) is 0 Å². The molecule has 0 aromatic heterocycles. The summed E-state index contributed by atoms with van der Waals surface area (Å²) in [4.78, 5) is 0. The average Bonchev–Trinajstić information content (AvgIpc) is 3.20. The van der Waals surface area contributed by atoms with Gasteiger partial charge in [-0.05, 0) is 73.4 Å². The molecule has 0 aliphatic carbocycles. The van der Waals surface area contributed by atoms with E-state index >= 15 is 0 Å². The van der Waals surface area contributed by atoms with Gasteiger partial charge in [0.2, 0.25) is 0 Å². The first kappa shape index (κ1) is 23.2. The minimum absolute atomic E-state index is 0.0965. The normalized spacial score (nSPS) is 24.1. The maximum atomic E-state index is 11.5. The van der Waals surface area contributed by atoms with Crippen molar-refractivity contribution in [1.29, 1.82) is 0 Å². The summed E-state index contributed by atoms with van der Waals surface area (Å²) in [5.41, 5.74) is 1.60. The number of anilines is 2. The smallest absolute Gasteiger partial charge is 0.170 e. The standard InChI is InChI=1S/C18H26N4O4S4/c23-29(24)7-5-13(11-29)9-19-17(27)21-15-1-2-16(4-3-15)22-18(28)20-10-14-6-8-30(25,26)12-14/h1-4,13-14H,5-12H2,(H2,19,21,27)(H2,20,22,28). The van der Waals surface area contributed by atoms with Crippen LogP contribution in [0.3, 0.4) is 0 Å². The molecule has 2 heterocycles. The Hall–Kier alpha value is -1.50. The Kier molecular flexibility index (Phi) is 7.53. The maximum Gasteiger partial charge on any atom is 0.170 e. The number of hydrogen-bond donors (Lipinski definition) is 4. The lowest BCUT2D eigenvalue weighted by Crippen LogP contribution is -2.33. The van der Waals surface area contributed by atoms with Gasteiger partial charge in [0.25, 0.3) is 0 Å². The van der Waals surface area contributed by atoms with Crippen LogP contribution in [0.1, 0.15) is 12.8 Å². The summed E-state index contributed by atoms with van der Waals surface area (Å²) < 4.78 is 46.0. The van der Waals surface area contributed by atoms with Gasteiger partial charge in [-0.3, -0.25) is 0 Å². The van der Waals surface area contributed by atoms with Crippen molar-refractivity contribution in [2.75, 3.05) is 46.7 Å². The van der Waals surface area contributed by atoms with Crippen LogP contribution in [0, 0.1) is 11.8 Å². The van der Waals surface area contributed by atoms with E-state index < -0.39 is 19.7 Å². The molecule has 2 aliphatic heterocycles. The van der Waals surface area contributed by atoms with Gasteiger partial charge in [-0.25, -0.2) is 16.8 Å². The maximum absolute atomic E-state index is 11.5. The summed E-state index contributed by atoms with van der Waals surface area (Å²) in [6, 6.07) is 7.40. The highest BCUT2D eigenvalue weighted by molar-refractivity contribution is 7.91. The fraction of sp³-hybridized carbons (Fsp3) is 0.556. The fourth-order valence-electron chi connectivity index (χ4n) is 3.53. The Labute approximate surface area is 188 Å². The molecule has 2 fully saturated rings. The van der Waals surface area contributed by atoms with Crippen molar-refractivity contribution < 1.29 is 16.8 Å². The van der Waals surface area contributed by atoms with E-state index in [2.05, 4.69) is 21.3 Å². The topological polar surface area (TPSA) is 116 Å². The number of hydrogen-bond acceptors (Lipinski definition) is 6. The monoisotopic (exact) mass is 490 g/mol. The first-order chi connectivity index (χ1) is 14.1. The minimum Gasteiger partial charge on any atom is -0.362 e. The molecule has 0 bridgehead atoms. The Morgan fingerprint density at radius 2 is 1.13 bits per heavy atom. The second-order valence-electron chi connectivity index (χ2n) is 7.79. The predicted molar refractivity (Wildman–Crippen MR) is 128 cm³/mol. The molecule has 2 atom stereocenters. The third-order valence-corrected chi connectivity index (χ3v) is 9.32. The summed E-state index contributed by atoms with van der Waals surface area (Å²) >= 11 is 10.5. The molecule has 8 nitrogen and oxygen atoms in total. The van der Waals surface area contributed by atoms with Gasteiger partial charge in [0, 0.05) is 24.5 Å². The molecule has 1 aromatic carbocycles. The zero-order valence-electron chi connectivity index (χ0n) is 16.4. The van der Waals surface area contributed by atoms with Gasteiger partial charge in [-0.2, -0.15) is 0 Å². The van der Waals surface area contributed by atoms with E-state index in [1.54, 1.807) is 0 Å². The molecule has 2 saturated heterocycles. The quantitative estimate of drug-likeness (QED) is 0.432. The molecule has 0 amide bonds. The fourth-order valence-corrected chi connectivity index (χ4v) is 7.65. The largest absolute Gasteiger partial charge is 0.362 e. The zero-order valence-corrected chi connectivity index (χ0v) is 19.7. The summed E-state index contributed by atoms with van der Waals surface area (Å²) in [5, 5.41) is 13.2. The van der Waals surface area contributed by atoms with Crippen LogP contribution < -0.4 is 21.3 Å². The van der Waals surface area contributed by atoms with Gasteiger partial charge in [-0.15, -0.1) is 0 Å². The van der Waals surface area contributed by atoms with Crippen LogP contribution in [0.25, 0.3) is 0 Å². The molecule has 30 heavy (non-hydrogen) atoms. The first-order valence-corrected chi connectivity index (χ1v) is 14.2. The third-order valence-electron chi connectivity index (χ3n) is 5.16. The van der Waals surface area contributed by atoms with E-state index in [1.807, 2.05) is 24.3 Å². The van der Waals surface area contributed by atoms with Crippen molar-refractivity contribution in [2.45, 2.75) is 12.8 Å². The number of rotatable bonds is 6. The average molecular weight is 491 g/mol. The lowest BCUT2D eigenvalue weighted by atomic mass is 10.1. The Morgan fingerprint density at radius 3 is 1.43 bits per heavy atom. The Balaban J connectivity index is 1.38. The van der Waals surface area contributed by atoms with Crippen LogP contribution in [-0.2, 0) is 19.7 Å². The summed E-state index contributed by atoms with van der Waals surface area (Å²) in [6.07, 6.45) is 1.34. The van der Waals surface area contributed by atoms with Gasteiger partial charge in [0.1, 0.15) is 0 Å². The minimum atomic E-state index is -2.88. The zero-order chi connectivity index (χ0) is 21.8. The van der Waals surface area contributed by atoms with Crippen LogP contribution in [0.15, 0.2) is 24.3 Å². The Morgan fingerprint density at radius 1 is 0.767 bits per heavy atom. The third kappa shape index (κ3) is 7.33. The number of thiocarbonyl (C=S) groups is 2. The van der Waals surface area contributed by atoms with Crippen molar-refractivity contribution in [1.82, 2.24) is 10.6 Å². The van der Waals surface area contributed by atoms with E-state index in [0.29, 0.717) is 36.2 Å². The van der Waals surface area contributed by atoms with Crippen molar-refractivity contribution in [3.05, 3.63) is 24.3 Å². The van der Waals surface area contributed by atoms with E-state index in [0.717, 1.165) is 11.4 Å². The van der Waals surface area contributed by atoms with E-state index in [-0.39, 0.29) is 34.8 Å². The van der Waals surface area contributed by atoms with Crippen molar-refractivity contribution in [2.24, 2.45) is 11.8 Å². The molecule has 0 radical (unpaired) electrons. The van der Waals surface area contributed by atoms with Crippen LogP contribution in [0.4, 0.5) is 11.4 Å². The Bertz CT molecular complexity index is 913. The molecule has 3 rings (SSSR count). The predicted octanol–water partition coefficient (Wildman–Crippen LogP) is 1.13. The molecule has 0 spiro atoms. The molecule has 1 aromatic rings. The summed E-state index contributed by atoms with van der Waals surface area (Å²) in [7, 11) is -5.77. The number of sulfone groups is 2. The van der Waals surface area contributed by atoms with Gasteiger partial charge >= 0.3 is 0 Å². The molecular weight excluding hydrogens is 464 g/mol. The lowest BCUT2D eigenvalue weighted by molar-refractivity contribution is 0.573.